The first-order valence-electron chi connectivity index (χ1n) is 6.93. The first kappa shape index (κ1) is 15.4. The Morgan fingerprint density at radius 2 is 1.90 bits per heavy atom. The third-order valence-electron chi connectivity index (χ3n) is 3.17. The highest BCUT2D eigenvalue weighted by Crippen LogP contribution is 2.17. The number of nitrogens with zero attached hydrogens (tertiary/aromatic N) is 3. The van der Waals surface area contributed by atoms with Gasteiger partial charge in [0.15, 0.2) is 0 Å². The molecular formula is C16H20N4S. The van der Waals surface area contributed by atoms with Crippen molar-refractivity contribution in [3.63, 3.8) is 0 Å². The summed E-state index contributed by atoms with van der Waals surface area (Å²) in [5.74, 6) is 0.664. The maximum Gasteiger partial charge on any atom is 0.226 e. The summed E-state index contributed by atoms with van der Waals surface area (Å²) in [6.45, 7) is 6.91. The Balaban J connectivity index is 2.36. The Morgan fingerprint density at radius 3 is 2.48 bits per heavy atom. The standard InChI is InChI=1S/C16H20N4S/c1-11(2)20(10-13-7-5-4-6-8-13)16-18-12(3)9-14(19-16)15(17)21/h4-9,11H,10H2,1-3H3,(H2,17,21). The van der Waals surface area contributed by atoms with Crippen molar-refractivity contribution in [1.82, 2.24) is 9.97 Å². The molecule has 0 aliphatic heterocycles. The predicted molar refractivity (Wildman–Crippen MR) is 90.4 cm³/mol. The van der Waals surface area contributed by atoms with Crippen LogP contribution >= 0.6 is 12.2 Å². The largest absolute Gasteiger partial charge is 0.388 e. The van der Waals surface area contributed by atoms with Crippen LogP contribution in [-0.4, -0.2) is 21.0 Å². The van der Waals surface area contributed by atoms with Gasteiger partial charge in [0.1, 0.15) is 10.7 Å². The molecule has 4 nitrogen and oxygen atoms in total. The van der Waals surface area contributed by atoms with Gasteiger partial charge in [-0.25, -0.2) is 9.97 Å². The van der Waals surface area contributed by atoms with Gasteiger partial charge in [0, 0.05) is 18.3 Å². The van der Waals surface area contributed by atoms with Crippen molar-refractivity contribution in [1.29, 1.82) is 0 Å². The Kier molecular flexibility index (Phi) is 4.85. The van der Waals surface area contributed by atoms with E-state index >= 15 is 0 Å². The number of aromatic nitrogens is 2. The molecule has 0 amide bonds. The molecule has 0 aliphatic rings. The molecule has 2 N–H and O–H groups in total. The van der Waals surface area contributed by atoms with Crippen molar-refractivity contribution in [3.05, 3.63) is 53.3 Å². The molecule has 0 unspecified atom stereocenters. The topological polar surface area (TPSA) is 55.0 Å². The summed E-state index contributed by atoms with van der Waals surface area (Å²) in [6, 6.07) is 12.4. The smallest absolute Gasteiger partial charge is 0.226 e. The number of anilines is 1. The van der Waals surface area contributed by atoms with Crippen LogP contribution < -0.4 is 10.6 Å². The fourth-order valence-electron chi connectivity index (χ4n) is 2.07. The zero-order valence-corrected chi connectivity index (χ0v) is 13.4. The van der Waals surface area contributed by atoms with Gasteiger partial charge in [-0.3, -0.25) is 0 Å². The second-order valence-electron chi connectivity index (χ2n) is 5.27. The second-order valence-corrected chi connectivity index (χ2v) is 5.71. The number of thiocarbonyl (C=S) groups is 1. The van der Waals surface area contributed by atoms with Crippen LogP contribution in [0.25, 0.3) is 0 Å². The molecule has 2 aromatic rings. The Morgan fingerprint density at radius 1 is 1.24 bits per heavy atom. The van der Waals surface area contributed by atoms with Crippen molar-refractivity contribution >= 4 is 23.2 Å². The van der Waals surface area contributed by atoms with Gasteiger partial charge in [0.25, 0.3) is 0 Å². The van der Waals surface area contributed by atoms with Gasteiger partial charge in [0.05, 0.1) is 0 Å². The van der Waals surface area contributed by atoms with Crippen LogP contribution in [0.5, 0.6) is 0 Å². The number of benzene rings is 1. The Hall–Kier alpha value is -2.01. The van der Waals surface area contributed by atoms with Gasteiger partial charge >= 0.3 is 0 Å². The number of nitrogens with two attached hydrogens (primary N) is 1. The molecule has 1 aromatic heterocycles. The normalized spacial score (nSPS) is 10.7. The predicted octanol–water partition coefficient (Wildman–Crippen LogP) is 2.83. The van der Waals surface area contributed by atoms with E-state index in [1.54, 1.807) is 0 Å². The van der Waals surface area contributed by atoms with Crippen molar-refractivity contribution < 1.29 is 0 Å². The summed E-state index contributed by atoms with van der Waals surface area (Å²) in [5, 5.41) is 0. The van der Waals surface area contributed by atoms with E-state index in [1.165, 1.54) is 5.56 Å². The van der Waals surface area contributed by atoms with Crippen molar-refractivity contribution in [2.45, 2.75) is 33.4 Å². The fraction of sp³-hybridized carbons (Fsp3) is 0.312. The van der Waals surface area contributed by atoms with Crippen LogP contribution in [-0.2, 0) is 6.54 Å². The lowest BCUT2D eigenvalue weighted by Crippen LogP contribution is -2.32. The molecule has 0 saturated heterocycles. The Labute approximate surface area is 131 Å². The molecule has 0 atom stereocenters. The second kappa shape index (κ2) is 6.63. The van der Waals surface area contributed by atoms with Crippen LogP contribution in [0.2, 0.25) is 0 Å². The lowest BCUT2D eigenvalue weighted by Gasteiger charge is -2.27. The lowest BCUT2D eigenvalue weighted by molar-refractivity contribution is 0.658. The zero-order valence-electron chi connectivity index (χ0n) is 12.6. The fourth-order valence-corrected chi connectivity index (χ4v) is 2.18. The molecule has 1 heterocycles. The first-order chi connectivity index (χ1) is 9.97. The number of rotatable bonds is 5. The van der Waals surface area contributed by atoms with Crippen LogP contribution in [0, 0.1) is 6.92 Å². The van der Waals surface area contributed by atoms with E-state index in [9.17, 15) is 0 Å². The molecule has 1 aromatic carbocycles. The van der Waals surface area contributed by atoms with Crippen molar-refractivity contribution in [2.75, 3.05) is 4.90 Å². The first-order valence-corrected chi connectivity index (χ1v) is 7.34. The molecule has 5 heteroatoms. The molecule has 0 fully saturated rings. The molecule has 110 valence electrons. The number of hydrogen-bond acceptors (Lipinski definition) is 4. The maximum atomic E-state index is 5.70. The summed E-state index contributed by atoms with van der Waals surface area (Å²) >= 11 is 5.03. The van der Waals surface area contributed by atoms with E-state index in [2.05, 4.69) is 40.8 Å². The molecule has 0 spiro atoms. The van der Waals surface area contributed by atoms with E-state index in [4.69, 9.17) is 18.0 Å². The highest BCUT2D eigenvalue weighted by molar-refractivity contribution is 7.80. The van der Waals surface area contributed by atoms with Gasteiger partial charge in [0.2, 0.25) is 5.95 Å². The molecule has 0 saturated carbocycles. The van der Waals surface area contributed by atoms with Gasteiger partial charge < -0.3 is 10.6 Å². The summed E-state index contributed by atoms with van der Waals surface area (Å²) in [4.78, 5) is 11.5. The van der Waals surface area contributed by atoms with Crippen LogP contribution in [0.15, 0.2) is 36.4 Å². The molecule has 0 radical (unpaired) electrons. The number of aryl methyl sites for hydroxylation is 1. The van der Waals surface area contributed by atoms with E-state index in [1.807, 2.05) is 31.2 Å². The van der Waals surface area contributed by atoms with Gasteiger partial charge in [-0.05, 0) is 32.4 Å². The lowest BCUT2D eigenvalue weighted by atomic mass is 10.2. The van der Waals surface area contributed by atoms with Crippen LogP contribution in [0.3, 0.4) is 0 Å². The third-order valence-corrected chi connectivity index (χ3v) is 3.38. The van der Waals surface area contributed by atoms with E-state index < -0.39 is 0 Å². The quantitative estimate of drug-likeness (QED) is 0.861. The third kappa shape index (κ3) is 3.98. The van der Waals surface area contributed by atoms with Gasteiger partial charge in [-0.15, -0.1) is 0 Å². The van der Waals surface area contributed by atoms with Crippen LogP contribution in [0.1, 0.15) is 30.8 Å². The van der Waals surface area contributed by atoms with E-state index in [0.29, 0.717) is 16.6 Å². The SMILES string of the molecule is Cc1cc(C(N)=S)nc(N(Cc2ccccc2)C(C)C)n1. The maximum absolute atomic E-state index is 5.70. The minimum Gasteiger partial charge on any atom is -0.388 e. The summed E-state index contributed by atoms with van der Waals surface area (Å²) in [5.41, 5.74) is 8.40. The monoisotopic (exact) mass is 300 g/mol. The average molecular weight is 300 g/mol. The van der Waals surface area contributed by atoms with Crippen molar-refractivity contribution in [2.24, 2.45) is 5.73 Å². The minimum absolute atomic E-state index is 0.270. The minimum atomic E-state index is 0.270. The summed E-state index contributed by atoms with van der Waals surface area (Å²) in [7, 11) is 0. The molecule has 21 heavy (non-hydrogen) atoms. The van der Waals surface area contributed by atoms with E-state index in [0.717, 1.165) is 12.2 Å². The number of hydrogen-bond donors (Lipinski definition) is 1. The molecule has 0 aliphatic carbocycles. The van der Waals surface area contributed by atoms with Gasteiger partial charge in [-0.1, -0.05) is 42.5 Å². The Bertz CT molecular complexity index is 625. The highest BCUT2D eigenvalue weighted by atomic mass is 32.1. The van der Waals surface area contributed by atoms with Crippen LogP contribution in [0.4, 0.5) is 5.95 Å². The van der Waals surface area contributed by atoms with Gasteiger partial charge in [-0.2, -0.15) is 0 Å². The molecule has 0 bridgehead atoms. The molecular weight excluding hydrogens is 280 g/mol. The highest BCUT2D eigenvalue weighted by Gasteiger charge is 2.16. The average Bonchev–Trinajstić information content (AvgIpc) is 2.44. The summed E-state index contributed by atoms with van der Waals surface area (Å²) < 4.78 is 0. The zero-order chi connectivity index (χ0) is 15.4. The molecule has 2 rings (SSSR count). The van der Waals surface area contributed by atoms with Crippen molar-refractivity contribution in [3.8, 4) is 0 Å². The summed E-state index contributed by atoms with van der Waals surface area (Å²) in [6.07, 6.45) is 0. The van der Waals surface area contributed by atoms with E-state index in [-0.39, 0.29) is 6.04 Å².